The van der Waals surface area contributed by atoms with Crippen LogP contribution in [-0.4, -0.2) is 6.54 Å². The summed E-state index contributed by atoms with van der Waals surface area (Å²) in [5.74, 6) is -0.412. The molecule has 0 aromatic heterocycles. The molecule has 0 aliphatic carbocycles. The van der Waals surface area contributed by atoms with Crippen molar-refractivity contribution >= 4 is 17.3 Å². The first-order valence-corrected chi connectivity index (χ1v) is 4.31. The van der Waals surface area contributed by atoms with E-state index in [2.05, 4.69) is 11.9 Å². The molecule has 1 rings (SSSR count). The summed E-state index contributed by atoms with van der Waals surface area (Å²) in [7, 11) is 0. The van der Waals surface area contributed by atoms with Crippen LogP contribution >= 0.6 is 11.6 Å². The van der Waals surface area contributed by atoms with Crippen LogP contribution in [0.25, 0.3) is 0 Å². The number of hydrogen-bond donors (Lipinski definition) is 1. The summed E-state index contributed by atoms with van der Waals surface area (Å²) in [6, 6.07) is 4.86. The van der Waals surface area contributed by atoms with Crippen molar-refractivity contribution in [2.24, 2.45) is 0 Å². The van der Waals surface area contributed by atoms with Gasteiger partial charge in [0.1, 0.15) is 0 Å². The number of halogens is 2. The zero-order valence-electron chi connectivity index (χ0n) is 7.40. The molecular weight excluding hydrogens is 189 g/mol. The van der Waals surface area contributed by atoms with Crippen LogP contribution in [0.2, 0.25) is 5.02 Å². The SMILES string of the molecule is C=C(C)CNc1cccc(Cl)c1F. The average Bonchev–Trinajstić information content (AvgIpc) is 2.07. The molecule has 0 bridgehead atoms. The normalized spacial score (nSPS) is 9.77. The van der Waals surface area contributed by atoms with Gasteiger partial charge in [0.2, 0.25) is 0 Å². The third kappa shape index (κ3) is 2.74. The van der Waals surface area contributed by atoms with E-state index >= 15 is 0 Å². The first-order valence-electron chi connectivity index (χ1n) is 3.93. The Kier molecular flexibility index (Phi) is 3.32. The first kappa shape index (κ1) is 10.1. The van der Waals surface area contributed by atoms with Gasteiger partial charge in [-0.05, 0) is 19.1 Å². The van der Waals surface area contributed by atoms with Gasteiger partial charge >= 0.3 is 0 Å². The molecule has 0 radical (unpaired) electrons. The summed E-state index contributed by atoms with van der Waals surface area (Å²) >= 11 is 5.59. The minimum atomic E-state index is -0.412. The number of benzene rings is 1. The van der Waals surface area contributed by atoms with E-state index in [0.29, 0.717) is 12.2 Å². The summed E-state index contributed by atoms with van der Waals surface area (Å²) in [6.45, 7) is 6.13. The molecule has 0 amide bonds. The molecule has 1 aromatic carbocycles. The molecule has 0 heterocycles. The van der Waals surface area contributed by atoms with Crippen molar-refractivity contribution in [3.8, 4) is 0 Å². The fourth-order valence-corrected chi connectivity index (χ4v) is 1.06. The van der Waals surface area contributed by atoms with Crippen molar-refractivity contribution in [1.82, 2.24) is 0 Å². The lowest BCUT2D eigenvalue weighted by Gasteiger charge is -2.07. The highest BCUT2D eigenvalue weighted by Crippen LogP contribution is 2.21. The van der Waals surface area contributed by atoms with Crippen LogP contribution in [0.1, 0.15) is 6.92 Å². The van der Waals surface area contributed by atoms with Crippen LogP contribution in [0.4, 0.5) is 10.1 Å². The van der Waals surface area contributed by atoms with E-state index in [1.54, 1.807) is 12.1 Å². The number of hydrogen-bond acceptors (Lipinski definition) is 1. The van der Waals surface area contributed by atoms with Gasteiger partial charge in [0.25, 0.3) is 0 Å². The van der Waals surface area contributed by atoms with Gasteiger partial charge in [-0.2, -0.15) is 0 Å². The number of rotatable bonds is 3. The Morgan fingerprint density at radius 1 is 1.62 bits per heavy atom. The van der Waals surface area contributed by atoms with E-state index in [4.69, 9.17) is 11.6 Å². The van der Waals surface area contributed by atoms with E-state index < -0.39 is 5.82 Å². The van der Waals surface area contributed by atoms with Gasteiger partial charge in [-0.25, -0.2) is 4.39 Å². The molecule has 13 heavy (non-hydrogen) atoms. The minimum absolute atomic E-state index is 0.131. The first-order chi connectivity index (χ1) is 6.11. The molecule has 1 aromatic rings. The monoisotopic (exact) mass is 199 g/mol. The molecule has 0 spiro atoms. The predicted molar refractivity (Wildman–Crippen MR) is 54.7 cm³/mol. The molecule has 1 N–H and O–H groups in total. The van der Waals surface area contributed by atoms with E-state index in [-0.39, 0.29) is 5.02 Å². The Hall–Kier alpha value is -1.02. The highest BCUT2D eigenvalue weighted by molar-refractivity contribution is 6.31. The number of anilines is 1. The molecule has 0 aliphatic rings. The second-order valence-electron chi connectivity index (χ2n) is 2.91. The molecule has 0 saturated heterocycles. The molecule has 0 fully saturated rings. The fourth-order valence-electron chi connectivity index (χ4n) is 0.886. The largest absolute Gasteiger partial charge is 0.379 e. The standard InChI is InChI=1S/C10H11ClFN/c1-7(2)6-13-9-5-3-4-8(11)10(9)12/h3-5,13H,1,6H2,2H3. The van der Waals surface area contributed by atoms with E-state index in [1.807, 2.05) is 6.92 Å². The van der Waals surface area contributed by atoms with Crippen molar-refractivity contribution in [3.63, 3.8) is 0 Å². The second kappa shape index (κ2) is 4.28. The van der Waals surface area contributed by atoms with Crippen molar-refractivity contribution in [2.75, 3.05) is 11.9 Å². The number of nitrogens with one attached hydrogen (secondary N) is 1. The van der Waals surface area contributed by atoms with Gasteiger partial charge in [0.15, 0.2) is 5.82 Å². The summed E-state index contributed by atoms with van der Waals surface area (Å²) < 4.78 is 13.2. The highest BCUT2D eigenvalue weighted by atomic mass is 35.5. The van der Waals surface area contributed by atoms with E-state index in [0.717, 1.165) is 5.57 Å². The maximum Gasteiger partial charge on any atom is 0.164 e. The Morgan fingerprint density at radius 3 is 2.92 bits per heavy atom. The Morgan fingerprint density at radius 2 is 2.31 bits per heavy atom. The smallest absolute Gasteiger partial charge is 0.164 e. The molecular formula is C10H11ClFN. The quantitative estimate of drug-likeness (QED) is 0.736. The lowest BCUT2D eigenvalue weighted by molar-refractivity contribution is 0.631. The zero-order chi connectivity index (χ0) is 9.84. The fraction of sp³-hybridized carbons (Fsp3) is 0.200. The summed E-state index contributed by atoms with van der Waals surface area (Å²) in [6.07, 6.45) is 0. The van der Waals surface area contributed by atoms with Gasteiger partial charge in [0.05, 0.1) is 10.7 Å². The topological polar surface area (TPSA) is 12.0 Å². The van der Waals surface area contributed by atoms with Gasteiger partial charge in [0, 0.05) is 6.54 Å². The van der Waals surface area contributed by atoms with Crippen LogP contribution in [-0.2, 0) is 0 Å². The van der Waals surface area contributed by atoms with Gasteiger partial charge < -0.3 is 5.32 Å². The molecule has 0 saturated carbocycles. The van der Waals surface area contributed by atoms with Gasteiger partial charge in [-0.1, -0.05) is 29.8 Å². The van der Waals surface area contributed by atoms with E-state index in [9.17, 15) is 4.39 Å². The zero-order valence-corrected chi connectivity index (χ0v) is 8.16. The predicted octanol–water partition coefficient (Wildman–Crippen LogP) is 3.47. The minimum Gasteiger partial charge on any atom is -0.379 e. The van der Waals surface area contributed by atoms with Crippen molar-refractivity contribution < 1.29 is 4.39 Å². The van der Waals surface area contributed by atoms with Gasteiger partial charge in [-0.15, -0.1) is 0 Å². The molecule has 1 nitrogen and oxygen atoms in total. The van der Waals surface area contributed by atoms with Gasteiger partial charge in [-0.3, -0.25) is 0 Å². The molecule has 0 aliphatic heterocycles. The van der Waals surface area contributed by atoms with Crippen LogP contribution in [0.3, 0.4) is 0 Å². The highest BCUT2D eigenvalue weighted by Gasteiger charge is 2.04. The second-order valence-corrected chi connectivity index (χ2v) is 3.32. The maximum absolute atomic E-state index is 13.2. The van der Waals surface area contributed by atoms with Crippen LogP contribution in [0, 0.1) is 5.82 Å². The molecule has 0 unspecified atom stereocenters. The van der Waals surface area contributed by atoms with Crippen LogP contribution < -0.4 is 5.32 Å². The summed E-state index contributed by atoms with van der Waals surface area (Å²) in [4.78, 5) is 0. The van der Waals surface area contributed by atoms with Crippen molar-refractivity contribution in [3.05, 3.63) is 41.2 Å². The maximum atomic E-state index is 13.2. The Balaban J connectivity index is 2.77. The third-order valence-corrected chi connectivity index (χ3v) is 1.82. The Bertz CT molecular complexity index is 323. The molecule has 3 heteroatoms. The molecule has 70 valence electrons. The third-order valence-electron chi connectivity index (χ3n) is 1.53. The summed E-state index contributed by atoms with van der Waals surface area (Å²) in [5.41, 5.74) is 1.36. The lowest BCUT2D eigenvalue weighted by atomic mass is 10.3. The van der Waals surface area contributed by atoms with Crippen molar-refractivity contribution in [2.45, 2.75) is 6.92 Å². The lowest BCUT2D eigenvalue weighted by Crippen LogP contribution is -2.03. The molecule has 0 atom stereocenters. The Labute approximate surface area is 82.2 Å². The van der Waals surface area contributed by atoms with Crippen LogP contribution in [0.15, 0.2) is 30.4 Å². The van der Waals surface area contributed by atoms with E-state index in [1.165, 1.54) is 6.07 Å². The van der Waals surface area contributed by atoms with Crippen molar-refractivity contribution in [1.29, 1.82) is 0 Å². The average molecular weight is 200 g/mol. The summed E-state index contributed by atoms with van der Waals surface area (Å²) in [5, 5.41) is 3.03. The van der Waals surface area contributed by atoms with Crippen LogP contribution in [0.5, 0.6) is 0 Å².